The van der Waals surface area contributed by atoms with Gasteiger partial charge in [-0.3, -0.25) is 0 Å². The van der Waals surface area contributed by atoms with E-state index in [0.29, 0.717) is 12.6 Å². The van der Waals surface area contributed by atoms with Gasteiger partial charge in [-0.05, 0) is 45.7 Å². The number of hydrogen-bond acceptors (Lipinski definition) is 5. The van der Waals surface area contributed by atoms with Crippen LogP contribution in [0.5, 0.6) is 0 Å². The standard InChI is InChI=1S/C19H29N5O2/c1-19(2,3)26-18(25)20-10-13-24-11-8-14(9-12-24)21-17-22-15-6-4-5-7-16(15)23-17/h4-7,14H,8-13H2,1-3H3,(H,20,25)(H2,21,22,23). The summed E-state index contributed by atoms with van der Waals surface area (Å²) in [6, 6.07) is 8.47. The molecule has 1 aromatic heterocycles. The number of ether oxygens (including phenoxy) is 1. The van der Waals surface area contributed by atoms with Crippen LogP contribution in [-0.2, 0) is 4.74 Å². The Hall–Kier alpha value is -2.28. The maximum atomic E-state index is 11.7. The molecule has 0 saturated carbocycles. The van der Waals surface area contributed by atoms with Crippen LogP contribution in [0.2, 0.25) is 0 Å². The van der Waals surface area contributed by atoms with Gasteiger partial charge in [0.25, 0.3) is 0 Å². The summed E-state index contributed by atoms with van der Waals surface area (Å²) in [5.41, 5.74) is 1.59. The van der Waals surface area contributed by atoms with E-state index in [-0.39, 0.29) is 6.09 Å². The number of anilines is 1. The van der Waals surface area contributed by atoms with E-state index in [1.54, 1.807) is 0 Å². The Morgan fingerprint density at radius 2 is 2.04 bits per heavy atom. The number of carbonyl (C=O) groups excluding carboxylic acids is 1. The molecule has 3 rings (SSSR count). The highest BCUT2D eigenvalue weighted by atomic mass is 16.6. The van der Waals surface area contributed by atoms with E-state index >= 15 is 0 Å². The molecule has 1 aliphatic rings. The molecule has 1 saturated heterocycles. The van der Waals surface area contributed by atoms with E-state index in [9.17, 15) is 4.79 Å². The molecule has 1 fully saturated rings. The number of carbonyl (C=O) groups is 1. The van der Waals surface area contributed by atoms with Gasteiger partial charge in [0.05, 0.1) is 11.0 Å². The fourth-order valence-corrected chi connectivity index (χ4v) is 3.15. The molecule has 2 heterocycles. The van der Waals surface area contributed by atoms with Crippen molar-refractivity contribution < 1.29 is 9.53 Å². The minimum absolute atomic E-state index is 0.348. The minimum Gasteiger partial charge on any atom is -0.444 e. The van der Waals surface area contributed by atoms with E-state index in [4.69, 9.17) is 4.74 Å². The molecule has 26 heavy (non-hydrogen) atoms. The summed E-state index contributed by atoms with van der Waals surface area (Å²) in [6.07, 6.45) is 1.77. The van der Waals surface area contributed by atoms with Gasteiger partial charge >= 0.3 is 6.09 Å². The molecule has 7 nitrogen and oxygen atoms in total. The Morgan fingerprint density at radius 1 is 1.31 bits per heavy atom. The molecule has 1 aromatic carbocycles. The van der Waals surface area contributed by atoms with E-state index in [2.05, 4.69) is 25.5 Å². The highest BCUT2D eigenvalue weighted by Gasteiger charge is 2.20. The number of para-hydroxylation sites is 2. The quantitative estimate of drug-likeness (QED) is 0.765. The summed E-state index contributed by atoms with van der Waals surface area (Å²) in [6.45, 7) is 9.07. The summed E-state index contributed by atoms with van der Waals surface area (Å²) >= 11 is 0. The monoisotopic (exact) mass is 359 g/mol. The van der Waals surface area contributed by atoms with Crippen LogP contribution in [0, 0.1) is 0 Å². The zero-order valence-corrected chi connectivity index (χ0v) is 15.8. The maximum Gasteiger partial charge on any atom is 0.407 e. The van der Waals surface area contributed by atoms with Crippen molar-refractivity contribution in [1.29, 1.82) is 0 Å². The molecule has 7 heteroatoms. The molecule has 0 aliphatic carbocycles. The van der Waals surface area contributed by atoms with Crippen LogP contribution < -0.4 is 10.6 Å². The lowest BCUT2D eigenvalue weighted by atomic mass is 10.1. The molecule has 0 unspecified atom stereocenters. The summed E-state index contributed by atoms with van der Waals surface area (Å²) in [4.78, 5) is 21.9. The minimum atomic E-state index is -0.454. The van der Waals surface area contributed by atoms with Crippen molar-refractivity contribution in [3.8, 4) is 0 Å². The first kappa shape index (κ1) is 18.5. The fraction of sp³-hybridized carbons (Fsp3) is 0.579. The van der Waals surface area contributed by atoms with Crippen molar-refractivity contribution in [2.45, 2.75) is 45.3 Å². The molecule has 0 bridgehead atoms. The van der Waals surface area contributed by atoms with E-state index in [1.165, 1.54) is 0 Å². The lowest BCUT2D eigenvalue weighted by Crippen LogP contribution is -2.43. The van der Waals surface area contributed by atoms with Gasteiger partial charge in [-0.25, -0.2) is 9.78 Å². The number of aromatic amines is 1. The largest absolute Gasteiger partial charge is 0.444 e. The number of likely N-dealkylation sites (tertiary alicyclic amines) is 1. The molecule has 0 atom stereocenters. The Kier molecular flexibility index (Phi) is 5.66. The molecule has 1 amide bonds. The number of nitrogens with zero attached hydrogens (tertiary/aromatic N) is 2. The normalized spacial score (nSPS) is 16.6. The number of rotatable bonds is 5. The highest BCUT2D eigenvalue weighted by Crippen LogP contribution is 2.18. The zero-order chi connectivity index (χ0) is 18.6. The number of benzene rings is 1. The number of fused-ring (bicyclic) bond motifs is 1. The van der Waals surface area contributed by atoms with Gasteiger partial charge in [0, 0.05) is 32.2 Å². The Bertz CT molecular complexity index is 696. The second-order valence-electron chi connectivity index (χ2n) is 7.79. The van der Waals surface area contributed by atoms with Gasteiger partial charge in [-0.1, -0.05) is 12.1 Å². The molecule has 3 N–H and O–H groups in total. The van der Waals surface area contributed by atoms with E-state index in [0.717, 1.165) is 49.5 Å². The van der Waals surface area contributed by atoms with E-state index in [1.807, 2.05) is 45.0 Å². The lowest BCUT2D eigenvalue weighted by Gasteiger charge is -2.32. The summed E-state index contributed by atoms with van der Waals surface area (Å²) in [7, 11) is 0. The van der Waals surface area contributed by atoms with Crippen LogP contribution >= 0.6 is 0 Å². The Balaban J connectivity index is 1.37. The van der Waals surface area contributed by atoms with Crippen molar-refractivity contribution in [3.63, 3.8) is 0 Å². The van der Waals surface area contributed by atoms with Gasteiger partial charge in [0.15, 0.2) is 0 Å². The fourth-order valence-electron chi connectivity index (χ4n) is 3.15. The lowest BCUT2D eigenvalue weighted by molar-refractivity contribution is 0.0520. The van der Waals surface area contributed by atoms with E-state index < -0.39 is 5.60 Å². The molecule has 2 aromatic rings. The van der Waals surface area contributed by atoms with Gasteiger partial charge in [-0.2, -0.15) is 0 Å². The van der Waals surface area contributed by atoms with Gasteiger partial charge in [0.1, 0.15) is 5.60 Å². The van der Waals surface area contributed by atoms with Crippen LogP contribution in [0.3, 0.4) is 0 Å². The molecule has 1 aliphatic heterocycles. The number of H-pyrrole nitrogens is 1. The molecule has 142 valence electrons. The smallest absolute Gasteiger partial charge is 0.407 e. The number of aromatic nitrogens is 2. The summed E-state index contributed by atoms with van der Waals surface area (Å²) < 4.78 is 5.25. The third-order valence-electron chi connectivity index (χ3n) is 4.41. The summed E-state index contributed by atoms with van der Waals surface area (Å²) in [5.74, 6) is 0.844. The number of alkyl carbamates (subject to hydrolysis) is 1. The Morgan fingerprint density at radius 3 is 2.73 bits per heavy atom. The summed E-state index contributed by atoms with van der Waals surface area (Å²) in [5, 5.41) is 6.33. The van der Waals surface area contributed by atoms with Gasteiger partial charge in [0.2, 0.25) is 5.95 Å². The van der Waals surface area contributed by atoms with Crippen molar-refractivity contribution in [2.24, 2.45) is 0 Å². The third-order valence-corrected chi connectivity index (χ3v) is 4.41. The molecule has 0 spiro atoms. The van der Waals surface area contributed by atoms with Crippen molar-refractivity contribution in [1.82, 2.24) is 20.2 Å². The maximum absolute atomic E-state index is 11.7. The van der Waals surface area contributed by atoms with Crippen molar-refractivity contribution in [3.05, 3.63) is 24.3 Å². The predicted octanol–water partition coefficient (Wildman–Crippen LogP) is 2.96. The Labute approximate surface area is 154 Å². The topological polar surface area (TPSA) is 82.3 Å². The average molecular weight is 359 g/mol. The van der Waals surface area contributed by atoms with Crippen LogP contribution in [-0.4, -0.2) is 58.8 Å². The number of nitrogens with one attached hydrogen (secondary N) is 3. The first-order valence-corrected chi connectivity index (χ1v) is 9.29. The van der Waals surface area contributed by atoms with Crippen LogP contribution in [0.25, 0.3) is 11.0 Å². The van der Waals surface area contributed by atoms with Gasteiger partial charge < -0.3 is 25.3 Å². The predicted molar refractivity (Wildman–Crippen MR) is 103 cm³/mol. The third kappa shape index (κ3) is 5.36. The second kappa shape index (κ2) is 7.95. The second-order valence-corrected chi connectivity index (χ2v) is 7.79. The first-order chi connectivity index (χ1) is 12.4. The highest BCUT2D eigenvalue weighted by molar-refractivity contribution is 5.77. The number of hydrogen-bond donors (Lipinski definition) is 3. The SMILES string of the molecule is CC(C)(C)OC(=O)NCCN1CCC(Nc2nc3ccccc3[nH]2)CC1. The first-order valence-electron chi connectivity index (χ1n) is 9.29. The number of amides is 1. The zero-order valence-electron chi connectivity index (χ0n) is 15.8. The molecule has 0 radical (unpaired) electrons. The van der Waals surface area contributed by atoms with Gasteiger partial charge in [-0.15, -0.1) is 0 Å². The number of imidazole rings is 1. The number of piperidine rings is 1. The molecular weight excluding hydrogens is 330 g/mol. The van der Waals surface area contributed by atoms with Crippen LogP contribution in [0.15, 0.2) is 24.3 Å². The average Bonchev–Trinajstić information content (AvgIpc) is 2.97. The van der Waals surface area contributed by atoms with Crippen LogP contribution in [0.1, 0.15) is 33.6 Å². The van der Waals surface area contributed by atoms with Crippen molar-refractivity contribution >= 4 is 23.1 Å². The van der Waals surface area contributed by atoms with Crippen molar-refractivity contribution in [2.75, 3.05) is 31.5 Å². The van der Waals surface area contributed by atoms with Crippen LogP contribution in [0.4, 0.5) is 10.7 Å². The molecular formula is C19H29N5O2.